The van der Waals surface area contributed by atoms with Crippen molar-refractivity contribution in [2.24, 2.45) is 5.92 Å². The molecule has 0 unspecified atom stereocenters. The van der Waals surface area contributed by atoms with Crippen LogP contribution >= 0.6 is 0 Å². The molecule has 2 N–H and O–H groups in total. The van der Waals surface area contributed by atoms with Gasteiger partial charge in [-0.15, -0.1) is 0 Å². The number of carbonyl (C=O) groups excluding carboxylic acids is 2. The maximum atomic E-state index is 13.1. The zero-order valence-electron chi connectivity index (χ0n) is 29.7. The minimum absolute atomic E-state index is 0.195. The average Bonchev–Trinajstić information content (AvgIpc) is 3.22. The molecule has 0 radical (unpaired) electrons. The Balaban J connectivity index is 0.000000174. The Hall–Kier alpha value is -6.66. The number of carbonyl (C=O) groups is 2. The van der Waals surface area contributed by atoms with Crippen LogP contribution in [0.3, 0.4) is 0 Å². The highest BCUT2D eigenvalue weighted by molar-refractivity contribution is 6.15. The first-order valence-corrected chi connectivity index (χ1v) is 17.4. The van der Waals surface area contributed by atoms with E-state index in [0.717, 1.165) is 58.9 Å². The summed E-state index contributed by atoms with van der Waals surface area (Å²) in [6, 6.07) is 29.3. The van der Waals surface area contributed by atoms with E-state index in [-0.39, 0.29) is 28.9 Å². The predicted octanol–water partition coefficient (Wildman–Crippen LogP) is 7.06. The van der Waals surface area contributed by atoms with Gasteiger partial charge in [0, 0.05) is 54.1 Å². The van der Waals surface area contributed by atoms with Gasteiger partial charge < -0.3 is 29.3 Å². The van der Waals surface area contributed by atoms with Crippen LogP contribution in [0.1, 0.15) is 33.7 Å². The third-order valence-corrected chi connectivity index (χ3v) is 9.24. The third-order valence-electron chi connectivity index (χ3n) is 9.24. The van der Waals surface area contributed by atoms with Gasteiger partial charge in [-0.25, -0.2) is 19.7 Å². The Morgan fingerprint density at radius 1 is 0.741 bits per heavy atom. The van der Waals surface area contributed by atoms with Gasteiger partial charge in [-0.05, 0) is 78.1 Å². The van der Waals surface area contributed by atoms with Gasteiger partial charge in [-0.2, -0.15) is 0 Å². The van der Waals surface area contributed by atoms with E-state index in [4.69, 9.17) is 18.6 Å². The summed E-state index contributed by atoms with van der Waals surface area (Å²) >= 11 is 0. The molecule has 4 heterocycles. The van der Waals surface area contributed by atoms with Crippen molar-refractivity contribution in [1.82, 2.24) is 20.3 Å². The first kappa shape index (κ1) is 35.7. The van der Waals surface area contributed by atoms with Crippen LogP contribution in [0.15, 0.2) is 119 Å². The average molecular weight is 724 g/mol. The molecule has 0 aliphatic carbocycles. The van der Waals surface area contributed by atoms with E-state index in [0.29, 0.717) is 35.0 Å². The molecule has 12 heteroatoms. The van der Waals surface area contributed by atoms with Crippen molar-refractivity contribution in [3.63, 3.8) is 0 Å². The second-order valence-electron chi connectivity index (χ2n) is 12.5. The van der Waals surface area contributed by atoms with Crippen LogP contribution in [0.2, 0.25) is 0 Å². The number of ether oxygens (including phenoxy) is 3. The van der Waals surface area contributed by atoms with Gasteiger partial charge in [-0.1, -0.05) is 48.5 Å². The van der Waals surface area contributed by atoms with Crippen molar-refractivity contribution in [2.75, 3.05) is 39.3 Å². The summed E-state index contributed by atoms with van der Waals surface area (Å²) < 4.78 is 21.5. The lowest BCUT2D eigenvalue weighted by molar-refractivity contribution is 0.0642. The zero-order valence-corrected chi connectivity index (χ0v) is 29.7. The number of anilines is 1. The predicted molar refractivity (Wildman–Crippen MR) is 206 cm³/mol. The molecule has 1 saturated heterocycles. The molecule has 7 aromatic rings. The lowest BCUT2D eigenvalue weighted by Gasteiger charge is -2.22. The molecule has 8 rings (SSSR count). The van der Waals surface area contributed by atoms with E-state index in [1.165, 1.54) is 0 Å². The molecular weight excluding hydrogens is 686 g/mol. The summed E-state index contributed by atoms with van der Waals surface area (Å²) in [5, 5.41) is 9.25. The van der Waals surface area contributed by atoms with Crippen molar-refractivity contribution in [3.05, 3.63) is 131 Å². The number of nitrogens with one attached hydrogen (secondary N) is 2. The second-order valence-corrected chi connectivity index (χ2v) is 12.5. The Bertz CT molecular complexity index is 2530. The highest BCUT2D eigenvalue weighted by Crippen LogP contribution is 2.34. The Morgan fingerprint density at radius 3 is 2.13 bits per heavy atom. The molecular formula is C42H37N5O7. The number of pyridine rings is 2. The minimum atomic E-state index is -0.495. The van der Waals surface area contributed by atoms with E-state index in [2.05, 4.69) is 25.6 Å². The molecule has 3 aromatic heterocycles. The number of fused-ring (bicyclic) bond motifs is 3. The Labute approximate surface area is 310 Å². The summed E-state index contributed by atoms with van der Waals surface area (Å²) in [5.41, 5.74) is 2.05. The fraction of sp³-hybridized carbons (Fsp3) is 0.190. The van der Waals surface area contributed by atoms with Crippen molar-refractivity contribution < 1.29 is 28.2 Å². The summed E-state index contributed by atoms with van der Waals surface area (Å²) in [4.78, 5) is 50.6. The van der Waals surface area contributed by atoms with Gasteiger partial charge >= 0.3 is 5.63 Å². The fourth-order valence-electron chi connectivity index (χ4n) is 6.46. The maximum Gasteiger partial charge on any atom is 0.365 e. The van der Waals surface area contributed by atoms with Crippen LogP contribution in [0.5, 0.6) is 11.5 Å². The number of aromatic nitrogens is 3. The maximum absolute atomic E-state index is 13.1. The fourth-order valence-corrected chi connectivity index (χ4v) is 6.46. The van der Waals surface area contributed by atoms with Gasteiger partial charge in [0.2, 0.25) is 5.89 Å². The van der Waals surface area contributed by atoms with Crippen LogP contribution in [-0.2, 0) is 4.74 Å². The van der Waals surface area contributed by atoms with E-state index in [1.807, 2.05) is 60.7 Å². The Kier molecular flexibility index (Phi) is 10.8. The zero-order chi connectivity index (χ0) is 37.4. The number of rotatable bonds is 8. The van der Waals surface area contributed by atoms with E-state index in [9.17, 15) is 14.4 Å². The lowest BCUT2D eigenvalue weighted by Crippen LogP contribution is -2.33. The first-order chi connectivity index (χ1) is 26.4. The molecule has 1 aliphatic rings. The van der Waals surface area contributed by atoms with Crippen LogP contribution in [0.4, 0.5) is 5.69 Å². The van der Waals surface area contributed by atoms with Gasteiger partial charge in [-0.3, -0.25) is 9.59 Å². The molecule has 272 valence electrons. The first-order valence-electron chi connectivity index (χ1n) is 17.4. The molecule has 54 heavy (non-hydrogen) atoms. The molecule has 0 saturated carbocycles. The summed E-state index contributed by atoms with van der Waals surface area (Å²) in [6.07, 6.45) is 4.94. The van der Waals surface area contributed by atoms with Crippen LogP contribution in [0, 0.1) is 5.92 Å². The number of nitrogens with zero attached hydrogens (tertiary/aromatic N) is 3. The molecule has 0 spiro atoms. The molecule has 1 fully saturated rings. The van der Waals surface area contributed by atoms with Crippen LogP contribution in [-0.4, -0.2) is 60.7 Å². The summed E-state index contributed by atoms with van der Waals surface area (Å²) in [5.74, 6) is 1.50. The molecule has 0 atom stereocenters. The van der Waals surface area contributed by atoms with Crippen molar-refractivity contribution in [2.45, 2.75) is 12.8 Å². The monoisotopic (exact) mass is 723 g/mol. The molecule has 4 aromatic carbocycles. The molecule has 12 nitrogen and oxygen atoms in total. The quantitative estimate of drug-likeness (QED) is 0.166. The minimum Gasteiger partial charge on any atom is -0.496 e. The third kappa shape index (κ3) is 7.59. The van der Waals surface area contributed by atoms with Crippen LogP contribution in [0.25, 0.3) is 44.0 Å². The molecule has 2 amide bonds. The highest BCUT2D eigenvalue weighted by Gasteiger charge is 2.20. The smallest absolute Gasteiger partial charge is 0.365 e. The van der Waals surface area contributed by atoms with Gasteiger partial charge in [0.15, 0.2) is 11.2 Å². The lowest BCUT2D eigenvalue weighted by atomic mass is 10.0. The van der Waals surface area contributed by atoms with Crippen molar-refractivity contribution in [1.29, 1.82) is 0 Å². The normalized spacial score (nSPS) is 12.9. The van der Waals surface area contributed by atoms with E-state index >= 15 is 0 Å². The van der Waals surface area contributed by atoms with Gasteiger partial charge in [0.1, 0.15) is 17.0 Å². The topological polar surface area (TPSA) is 155 Å². The highest BCUT2D eigenvalue weighted by atomic mass is 16.5. The molecule has 0 bridgehead atoms. The van der Waals surface area contributed by atoms with E-state index < -0.39 is 5.63 Å². The largest absolute Gasteiger partial charge is 0.496 e. The number of hydrogen-bond donors (Lipinski definition) is 2. The van der Waals surface area contributed by atoms with Crippen molar-refractivity contribution >= 4 is 50.1 Å². The number of amides is 2. The van der Waals surface area contributed by atoms with E-state index in [1.54, 1.807) is 63.0 Å². The number of methoxy groups -OCH3 is 2. The van der Waals surface area contributed by atoms with Crippen molar-refractivity contribution in [3.8, 4) is 23.0 Å². The second kappa shape index (κ2) is 16.3. The summed E-state index contributed by atoms with van der Waals surface area (Å²) in [6.45, 7) is 2.01. The van der Waals surface area contributed by atoms with Gasteiger partial charge in [0.25, 0.3) is 11.8 Å². The van der Waals surface area contributed by atoms with Gasteiger partial charge in [0.05, 0.1) is 19.9 Å². The SMILES string of the molecule is COc1ccc(-c2nc3cccnc3c(=O)o2)c2ccccc12.COc1ccc(C(=O)Nc2cccnc2C(=O)NCC2CCOCC2)c2ccccc12. The standard InChI is InChI=1S/C24H25N3O4.C18H12N2O3/c1-30-21-9-8-19(17-5-2-3-6-18(17)21)23(28)27-20-7-4-12-25-22(20)24(29)26-15-16-10-13-31-14-11-16;1-22-15-9-8-13(11-5-2-3-6-12(11)15)17-20-14-7-4-10-19-16(14)18(21)23-17/h2-9,12,16H,10-11,13-15H2,1H3,(H,26,29)(H,27,28);2-10H,1H3. The number of hydrogen-bond acceptors (Lipinski definition) is 10. The summed E-state index contributed by atoms with van der Waals surface area (Å²) in [7, 11) is 3.23. The van der Waals surface area contributed by atoms with Crippen LogP contribution < -0.4 is 25.7 Å². The number of benzene rings is 4. The molecule has 1 aliphatic heterocycles. The Morgan fingerprint density at radius 2 is 1.39 bits per heavy atom.